The van der Waals surface area contributed by atoms with E-state index in [2.05, 4.69) is 13.8 Å². The van der Waals surface area contributed by atoms with Crippen LogP contribution in [0.3, 0.4) is 0 Å². The molecule has 90 valence electrons. The Labute approximate surface area is 101 Å². The minimum Gasteiger partial charge on any atom is -0.398 e. The summed E-state index contributed by atoms with van der Waals surface area (Å²) < 4.78 is 12.2. The van der Waals surface area contributed by atoms with E-state index in [0.29, 0.717) is 11.6 Å². The van der Waals surface area contributed by atoms with Crippen molar-refractivity contribution >= 4 is 16.5 Å². The van der Waals surface area contributed by atoms with Crippen molar-refractivity contribution in [2.24, 2.45) is 5.92 Å². The minimum atomic E-state index is -0.960. The van der Waals surface area contributed by atoms with Gasteiger partial charge in [0.05, 0.1) is 15.7 Å². The molecule has 1 unspecified atom stereocenters. The van der Waals surface area contributed by atoms with Crippen LogP contribution in [0.4, 0.5) is 5.69 Å². The predicted octanol–water partition coefficient (Wildman–Crippen LogP) is 3.12. The van der Waals surface area contributed by atoms with Crippen molar-refractivity contribution in [1.29, 1.82) is 0 Å². The van der Waals surface area contributed by atoms with Crippen LogP contribution in [-0.4, -0.2) is 9.96 Å². The third-order valence-electron chi connectivity index (χ3n) is 2.96. The van der Waals surface area contributed by atoms with Crippen LogP contribution in [0.25, 0.3) is 0 Å². The third-order valence-corrected chi connectivity index (χ3v) is 4.57. The molecule has 2 N–H and O–H groups in total. The fourth-order valence-corrected chi connectivity index (χ4v) is 3.39. The van der Waals surface area contributed by atoms with Gasteiger partial charge in [0.15, 0.2) is 0 Å². The Balaban J connectivity index is 2.83. The van der Waals surface area contributed by atoms with E-state index in [1.165, 1.54) is 0 Å². The van der Waals surface area contributed by atoms with Crippen molar-refractivity contribution in [3.05, 3.63) is 23.8 Å². The summed E-state index contributed by atoms with van der Waals surface area (Å²) in [5, 5.41) is 0. The molecule has 16 heavy (non-hydrogen) atoms. The van der Waals surface area contributed by atoms with E-state index in [0.717, 1.165) is 29.1 Å². The molecule has 0 aliphatic heterocycles. The maximum atomic E-state index is 12.2. The molecule has 2 nitrogen and oxygen atoms in total. The van der Waals surface area contributed by atoms with Gasteiger partial charge in [0.1, 0.15) is 0 Å². The molecule has 0 fully saturated rings. The summed E-state index contributed by atoms with van der Waals surface area (Å²) in [7, 11) is -0.960. The van der Waals surface area contributed by atoms with Gasteiger partial charge in [0, 0.05) is 11.4 Å². The number of aryl methyl sites for hydroxylation is 1. The van der Waals surface area contributed by atoms with E-state index in [-0.39, 0.29) is 0 Å². The van der Waals surface area contributed by atoms with E-state index in [4.69, 9.17) is 5.73 Å². The zero-order chi connectivity index (χ0) is 12.1. The fraction of sp³-hybridized carbons (Fsp3) is 0.538. The highest BCUT2D eigenvalue weighted by Crippen LogP contribution is 2.21. The van der Waals surface area contributed by atoms with Crippen molar-refractivity contribution in [2.75, 3.05) is 11.5 Å². The molecule has 3 heteroatoms. The lowest BCUT2D eigenvalue weighted by Crippen LogP contribution is -2.11. The van der Waals surface area contributed by atoms with Gasteiger partial charge in [-0.05, 0) is 30.5 Å². The molecule has 0 bridgehead atoms. The molecule has 0 amide bonds. The van der Waals surface area contributed by atoms with Gasteiger partial charge >= 0.3 is 0 Å². The van der Waals surface area contributed by atoms with Gasteiger partial charge in [-0.3, -0.25) is 4.21 Å². The standard InChI is InChI=1S/C13H21NOS/c1-4-11(5-2)9-16(15)13-8-10(3)6-7-12(13)14/h6-8,11H,4-5,9,14H2,1-3H3. The first-order valence-corrected chi connectivity index (χ1v) is 7.14. The van der Waals surface area contributed by atoms with Crippen LogP contribution in [0.5, 0.6) is 0 Å². The summed E-state index contributed by atoms with van der Waals surface area (Å²) in [5.41, 5.74) is 7.62. The van der Waals surface area contributed by atoms with Crippen LogP contribution >= 0.6 is 0 Å². The molecular formula is C13H21NOS. The van der Waals surface area contributed by atoms with Gasteiger partial charge < -0.3 is 5.73 Å². The second kappa shape index (κ2) is 6.04. The normalized spacial score (nSPS) is 13.0. The highest BCUT2D eigenvalue weighted by molar-refractivity contribution is 7.85. The van der Waals surface area contributed by atoms with Crippen molar-refractivity contribution in [3.8, 4) is 0 Å². The maximum Gasteiger partial charge on any atom is 0.0620 e. The SMILES string of the molecule is CCC(CC)CS(=O)c1cc(C)ccc1N. The number of hydrogen-bond acceptors (Lipinski definition) is 2. The average Bonchev–Trinajstić information content (AvgIpc) is 2.28. The predicted molar refractivity (Wildman–Crippen MR) is 70.9 cm³/mol. The van der Waals surface area contributed by atoms with Gasteiger partial charge in [-0.25, -0.2) is 0 Å². The molecule has 0 spiro atoms. The number of hydrogen-bond donors (Lipinski definition) is 1. The van der Waals surface area contributed by atoms with Gasteiger partial charge in [-0.15, -0.1) is 0 Å². The van der Waals surface area contributed by atoms with Crippen molar-refractivity contribution in [3.63, 3.8) is 0 Å². The lowest BCUT2D eigenvalue weighted by atomic mass is 10.1. The Bertz CT molecular complexity index is 372. The summed E-state index contributed by atoms with van der Waals surface area (Å²) in [6.45, 7) is 6.28. The molecule has 1 aromatic rings. The molecule has 0 aliphatic rings. The Morgan fingerprint density at radius 3 is 2.50 bits per heavy atom. The summed E-state index contributed by atoms with van der Waals surface area (Å²) >= 11 is 0. The molecule has 1 atom stereocenters. The molecule has 0 aliphatic carbocycles. The average molecular weight is 239 g/mol. The molecule has 0 saturated carbocycles. The third kappa shape index (κ3) is 3.34. The highest BCUT2D eigenvalue weighted by Gasteiger charge is 2.13. The Kier molecular flexibility index (Phi) is 5.00. The highest BCUT2D eigenvalue weighted by atomic mass is 32.2. The topological polar surface area (TPSA) is 43.1 Å². The monoisotopic (exact) mass is 239 g/mol. The first-order valence-electron chi connectivity index (χ1n) is 5.83. The maximum absolute atomic E-state index is 12.2. The molecule has 1 aromatic carbocycles. The Hall–Kier alpha value is -0.830. The molecular weight excluding hydrogens is 218 g/mol. The minimum absolute atomic E-state index is 0.528. The number of nitrogens with two attached hydrogens (primary N) is 1. The summed E-state index contributed by atoms with van der Waals surface area (Å²) in [6, 6.07) is 5.73. The van der Waals surface area contributed by atoms with Crippen molar-refractivity contribution in [2.45, 2.75) is 38.5 Å². The fourth-order valence-electron chi connectivity index (χ4n) is 1.67. The van der Waals surface area contributed by atoms with E-state index in [9.17, 15) is 4.21 Å². The van der Waals surface area contributed by atoms with Crippen molar-refractivity contribution < 1.29 is 4.21 Å². The van der Waals surface area contributed by atoms with Crippen LogP contribution in [-0.2, 0) is 10.8 Å². The van der Waals surface area contributed by atoms with Crippen LogP contribution in [0.15, 0.2) is 23.1 Å². The quantitative estimate of drug-likeness (QED) is 0.802. The molecule has 0 aromatic heterocycles. The summed E-state index contributed by atoms with van der Waals surface area (Å²) in [6.07, 6.45) is 2.15. The summed E-state index contributed by atoms with van der Waals surface area (Å²) in [4.78, 5) is 0.798. The molecule has 1 rings (SSSR count). The first kappa shape index (κ1) is 13.2. The molecule has 0 saturated heterocycles. The van der Waals surface area contributed by atoms with Gasteiger partial charge in [0.25, 0.3) is 0 Å². The smallest absolute Gasteiger partial charge is 0.0620 e. The van der Waals surface area contributed by atoms with E-state index in [1.807, 2.05) is 25.1 Å². The second-order valence-electron chi connectivity index (χ2n) is 4.24. The van der Waals surface area contributed by atoms with E-state index in [1.54, 1.807) is 0 Å². The van der Waals surface area contributed by atoms with Crippen LogP contribution in [0.2, 0.25) is 0 Å². The zero-order valence-electron chi connectivity index (χ0n) is 10.3. The number of rotatable bonds is 5. The number of benzene rings is 1. The van der Waals surface area contributed by atoms with Gasteiger partial charge in [-0.1, -0.05) is 32.8 Å². The zero-order valence-corrected chi connectivity index (χ0v) is 11.1. The second-order valence-corrected chi connectivity index (χ2v) is 5.70. The lowest BCUT2D eigenvalue weighted by molar-refractivity contribution is 0.545. The molecule has 0 heterocycles. The Morgan fingerprint density at radius 1 is 1.31 bits per heavy atom. The van der Waals surface area contributed by atoms with Crippen LogP contribution in [0, 0.1) is 12.8 Å². The van der Waals surface area contributed by atoms with Crippen LogP contribution < -0.4 is 5.73 Å². The first-order chi connectivity index (χ1) is 7.58. The Morgan fingerprint density at radius 2 is 1.94 bits per heavy atom. The molecule has 0 radical (unpaired) electrons. The largest absolute Gasteiger partial charge is 0.398 e. The number of anilines is 1. The lowest BCUT2D eigenvalue weighted by Gasteiger charge is -2.13. The van der Waals surface area contributed by atoms with Crippen LogP contribution in [0.1, 0.15) is 32.3 Å². The number of nitrogen functional groups attached to an aromatic ring is 1. The van der Waals surface area contributed by atoms with Crippen molar-refractivity contribution in [1.82, 2.24) is 0 Å². The van der Waals surface area contributed by atoms with Gasteiger partial charge in [0.2, 0.25) is 0 Å². The van der Waals surface area contributed by atoms with E-state index >= 15 is 0 Å². The van der Waals surface area contributed by atoms with E-state index < -0.39 is 10.8 Å². The summed E-state index contributed by atoms with van der Waals surface area (Å²) in [5.74, 6) is 1.25. The van der Waals surface area contributed by atoms with Gasteiger partial charge in [-0.2, -0.15) is 0 Å².